The van der Waals surface area contributed by atoms with E-state index in [4.69, 9.17) is 4.74 Å². The molecule has 0 bridgehead atoms. The Hall–Kier alpha value is -0.860. The van der Waals surface area contributed by atoms with Gasteiger partial charge in [0.2, 0.25) is 0 Å². The minimum Gasteiger partial charge on any atom is -0.380 e. The smallest absolute Gasteiger partial charge is 0.0713 e. The lowest BCUT2D eigenvalue weighted by Crippen LogP contribution is -2.40. The summed E-state index contributed by atoms with van der Waals surface area (Å²) in [7, 11) is 1.74. The quantitative estimate of drug-likeness (QED) is 0.815. The second-order valence-electron chi connectivity index (χ2n) is 5.60. The number of nitrogens with one attached hydrogen (secondary N) is 1. The molecule has 1 aliphatic carbocycles. The molecule has 0 spiro atoms. The third kappa shape index (κ3) is 3.55. The predicted molar refractivity (Wildman–Crippen MR) is 70.8 cm³/mol. The molecule has 17 heavy (non-hydrogen) atoms. The molecule has 0 unspecified atom stereocenters. The highest BCUT2D eigenvalue weighted by Crippen LogP contribution is 2.39. The van der Waals surface area contributed by atoms with Crippen molar-refractivity contribution in [2.45, 2.75) is 45.4 Å². The average molecular weight is 233 g/mol. The van der Waals surface area contributed by atoms with E-state index in [0.717, 1.165) is 12.5 Å². The monoisotopic (exact) mass is 233 g/mol. The molecule has 0 amide bonds. The Morgan fingerprint density at radius 3 is 2.65 bits per heavy atom. The van der Waals surface area contributed by atoms with Crippen molar-refractivity contribution in [3.8, 4) is 0 Å². The molecule has 0 saturated heterocycles. The molecule has 0 heterocycles. The fourth-order valence-electron chi connectivity index (χ4n) is 2.28. The lowest BCUT2D eigenvalue weighted by Gasteiger charge is -2.26. The molecule has 2 heteroatoms. The molecule has 2 rings (SSSR count). The number of hydrogen-bond donors (Lipinski definition) is 1. The van der Waals surface area contributed by atoms with Crippen LogP contribution in [0.2, 0.25) is 0 Å². The van der Waals surface area contributed by atoms with E-state index >= 15 is 0 Å². The van der Waals surface area contributed by atoms with Crippen LogP contribution in [0, 0.1) is 5.92 Å². The van der Waals surface area contributed by atoms with Gasteiger partial charge in [0.25, 0.3) is 0 Å². The zero-order valence-electron chi connectivity index (χ0n) is 11.1. The van der Waals surface area contributed by atoms with Gasteiger partial charge in [0.1, 0.15) is 0 Å². The summed E-state index contributed by atoms with van der Waals surface area (Å²) >= 11 is 0. The van der Waals surface area contributed by atoms with E-state index in [1.165, 1.54) is 24.0 Å². The van der Waals surface area contributed by atoms with Crippen molar-refractivity contribution in [1.29, 1.82) is 0 Å². The first-order valence-corrected chi connectivity index (χ1v) is 6.43. The minimum atomic E-state index is 0.275. The van der Waals surface area contributed by atoms with Gasteiger partial charge in [-0.3, -0.25) is 0 Å². The van der Waals surface area contributed by atoms with Crippen molar-refractivity contribution < 1.29 is 4.74 Å². The third-order valence-electron chi connectivity index (χ3n) is 3.65. The summed E-state index contributed by atoms with van der Waals surface area (Å²) in [5, 5.41) is 3.67. The van der Waals surface area contributed by atoms with Crippen molar-refractivity contribution in [3.63, 3.8) is 0 Å². The van der Waals surface area contributed by atoms with Gasteiger partial charge in [-0.25, -0.2) is 0 Å². The van der Waals surface area contributed by atoms with Crippen LogP contribution in [0.15, 0.2) is 24.3 Å². The van der Waals surface area contributed by atoms with E-state index < -0.39 is 0 Å². The summed E-state index contributed by atoms with van der Waals surface area (Å²) in [6, 6.07) is 8.61. The second-order valence-corrected chi connectivity index (χ2v) is 5.60. The van der Waals surface area contributed by atoms with E-state index in [1.807, 2.05) is 0 Å². The largest absolute Gasteiger partial charge is 0.380 e. The Labute approximate surface area is 104 Å². The molecule has 0 atom stereocenters. The van der Waals surface area contributed by atoms with E-state index in [1.54, 1.807) is 7.11 Å². The van der Waals surface area contributed by atoms with Crippen LogP contribution in [0.5, 0.6) is 0 Å². The van der Waals surface area contributed by atoms with Crippen LogP contribution >= 0.6 is 0 Å². The number of rotatable bonds is 6. The van der Waals surface area contributed by atoms with Crippen LogP contribution < -0.4 is 5.32 Å². The Kier molecular flexibility index (Phi) is 3.85. The van der Waals surface area contributed by atoms with Gasteiger partial charge < -0.3 is 10.1 Å². The van der Waals surface area contributed by atoms with Crippen LogP contribution in [0.3, 0.4) is 0 Å². The van der Waals surface area contributed by atoms with E-state index in [0.29, 0.717) is 6.61 Å². The van der Waals surface area contributed by atoms with Gasteiger partial charge in [-0.2, -0.15) is 0 Å². The predicted octanol–water partition coefficient (Wildman–Crippen LogP) is 3.11. The van der Waals surface area contributed by atoms with Crippen LogP contribution in [-0.2, 0) is 17.9 Å². The lowest BCUT2D eigenvalue weighted by molar-refractivity contribution is 0.185. The van der Waals surface area contributed by atoms with E-state index in [9.17, 15) is 0 Å². The molecular formula is C15H23NO. The number of ether oxygens (including phenoxy) is 1. The van der Waals surface area contributed by atoms with E-state index in [-0.39, 0.29) is 5.54 Å². The molecule has 1 aromatic rings. The molecule has 1 fully saturated rings. The highest BCUT2D eigenvalue weighted by atomic mass is 16.5. The summed E-state index contributed by atoms with van der Waals surface area (Å²) in [4.78, 5) is 0. The lowest BCUT2D eigenvalue weighted by atomic mass is 9.98. The van der Waals surface area contributed by atoms with Gasteiger partial charge in [0.15, 0.2) is 0 Å². The molecule has 1 saturated carbocycles. The SMILES string of the molecule is COCc1cccc(CNC(C)(C)C2CC2)c1. The molecule has 1 N–H and O–H groups in total. The summed E-state index contributed by atoms with van der Waals surface area (Å²) in [5.41, 5.74) is 2.86. The Morgan fingerprint density at radius 2 is 2.00 bits per heavy atom. The summed E-state index contributed by atoms with van der Waals surface area (Å²) in [6.45, 7) is 6.26. The average Bonchev–Trinajstić information content (AvgIpc) is 3.12. The van der Waals surface area contributed by atoms with Gasteiger partial charge in [-0.1, -0.05) is 24.3 Å². The van der Waals surface area contributed by atoms with Crippen LogP contribution in [0.25, 0.3) is 0 Å². The molecular weight excluding hydrogens is 210 g/mol. The normalized spacial score (nSPS) is 16.2. The maximum absolute atomic E-state index is 5.16. The van der Waals surface area contributed by atoms with Crippen molar-refractivity contribution in [3.05, 3.63) is 35.4 Å². The van der Waals surface area contributed by atoms with Crippen molar-refractivity contribution >= 4 is 0 Å². The second kappa shape index (κ2) is 5.19. The van der Waals surface area contributed by atoms with Crippen molar-refractivity contribution in [1.82, 2.24) is 5.32 Å². The first-order chi connectivity index (χ1) is 8.12. The molecule has 1 aromatic carbocycles. The Morgan fingerprint density at radius 1 is 1.29 bits per heavy atom. The summed E-state index contributed by atoms with van der Waals surface area (Å²) in [6.07, 6.45) is 2.76. The highest BCUT2D eigenvalue weighted by Gasteiger charge is 2.36. The Balaban J connectivity index is 1.91. The summed E-state index contributed by atoms with van der Waals surface area (Å²) in [5.74, 6) is 0.865. The van der Waals surface area contributed by atoms with Gasteiger partial charge >= 0.3 is 0 Å². The molecule has 0 radical (unpaired) electrons. The zero-order chi connectivity index (χ0) is 12.3. The summed E-state index contributed by atoms with van der Waals surface area (Å²) < 4.78 is 5.16. The highest BCUT2D eigenvalue weighted by molar-refractivity contribution is 5.23. The van der Waals surface area contributed by atoms with Crippen LogP contribution in [-0.4, -0.2) is 12.6 Å². The van der Waals surface area contributed by atoms with E-state index in [2.05, 4.69) is 43.4 Å². The standard InChI is InChI=1S/C15H23NO/c1-15(2,14-7-8-14)16-10-12-5-4-6-13(9-12)11-17-3/h4-6,9,14,16H,7-8,10-11H2,1-3H3. The van der Waals surface area contributed by atoms with Crippen LogP contribution in [0.4, 0.5) is 0 Å². The topological polar surface area (TPSA) is 21.3 Å². The first-order valence-electron chi connectivity index (χ1n) is 6.43. The number of benzene rings is 1. The minimum absolute atomic E-state index is 0.275. The number of methoxy groups -OCH3 is 1. The zero-order valence-corrected chi connectivity index (χ0v) is 11.1. The van der Waals surface area contributed by atoms with Gasteiger partial charge in [-0.15, -0.1) is 0 Å². The molecule has 1 aliphatic rings. The Bertz CT molecular complexity index is 369. The molecule has 0 aliphatic heterocycles. The maximum Gasteiger partial charge on any atom is 0.0713 e. The molecule has 2 nitrogen and oxygen atoms in total. The third-order valence-corrected chi connectivity index (χ3v) is 3.65. The van der Waals surface area contributed by atoms with Gasteiger partial charge in [0.05, 0.1) is 6.61 Å². The van der Waals surface area contributed by atoms with Gasteiger partial charge in [0, 0.05) is 19.2 Å². The van der Waals surface area contributed by atoms with Crippen LogP contribution in [0.1, 0.15) is 37.8 Å². The maximum atomic E-state index is 5.16. The van der Waals surface area contributed by atoms with Gasteiger partial charge in [-0.05, 0) is 43.7 Å². The number of hydrogen-bond acceptors (Lipinski definition) is 2. The fourth-order valence-corrected chi connectivity index (χ4v) is 2.28. The molecule has 0 aromatic heterocycles. The fraction of sp³-hybridized carbons (Fsp3) is 0.600. The first kappa shape index (κ1) is 12.6. The van der Waals surface area contributed by atoms with Crippen molar-refractivity contribution in [2.24, 2.45) is 5.92 Å². The molecule has 94 valence electrons. The van der Waals surface area contributed by atoms with Crippen molar-refractivity contribution in [2.75, 3.05) is 7.11 Å².